The van der Waals surface area contributed by atoms with Crippen molar-refractivity contribution in [1.82, 2.24) is 10.1 Å². The van der Waals surface area contributed by atoms with Crippen LogP contribution in [0.5, 0.6) is 11.5 Å². The van der Waals surface area contributed by atoms with E-state index in [1.54, 1.807) is 36.4 Å². The van der Waals surface area contributed by atoms with Crippen molar-refractivity contribution < 1.29 is 23.6 Å². The summed E-state index contributed by atoms with van der Waals surface area (Å²) in [6, 6.07) is 17.3. The van der Waals surface area contributed by atoms with Gasteiger partial charge in [-0.15, -0.1) is 0 Å². The summed E-state index contributed by atoms with van der Waals surface area (Å²) in [5, 5.41) is 14.2. The lowest BCUT2D eigenvalue weighted by Crippen LogP contribution is -2.47. The third-order valence-corrected chi connectivity index (χ3v) is 6.98. The Morgan fingerprint density at radius 3 is 2.62 bits per heavy atom. The lowest BCUT2D eigenvalue weighted by Gasteiger charge is -2.38. The van der Waals surface area contributed by atoms with Gasteiger partial charge in [0.2, 0.25) is 0 Å². The zero-order chi connectivity index (χ0) is 25.9. The number of hydrogen-bond donors (Lipinski definition) is 1. The molecule has 1 aliphatic rings. The fourth-order valence-corrected chi connectivity index (χ4v) is 4.68. The quantitative estimate of drug-likeness (QED) is 0.255. The van der Waals surface area contributed by atoms with E-state index in [0.29, 0.717) is 22.8 Å². The summed E-state index contributed by atoms with van der Waals surface area (Å²) in [5.74, 6) is -0.000187. The lowest BCUT2D eigenvalue weighted by molar-refractivity contribution is 0.0798. The van der Waals surface area contributed by atoms with E-state index in [0.717, 1.165) is 25.6 Å². The maximum atomic E-state index is 15.0. The third kappa shape index (κ3) is 5.24. The minimum Gasteiger partial charge on any atom is -0.508 e. The van der Waals surface area contributed by atoms with E-state index in [9.17, 15) is 14.3 Å². The van der Waals surface area contributed by atoms with Gasteiger partial charge in [-0.2, -0.15) is 0 Å². The summed E-state index contributed by atoms with van der Waals surface area (Å²) >= 11 is 6.40. The molecule has 0 unspecified atom stereocenters. The highest BCUT2D eigenvalue weighted by Crippen LogP contribution is 2.37. The Morgan fingerprint density at radius 2 is 1.92 bits per heavy atom. The van der Waals surface area contributed by atoms with Crippen LogP contribution < -0.4 is 4.74 Å². The number of carbonyl (C=O) groups is 1. The molecule has 0 aliphatic carbocycles. The van der Waals surface area contributed by atoms with Gasteiger partial charge in [0.25, 0.3) is 0 Å². The first kappa shape index (κ1) is 25.0. The molecule has 8 heteroatoms. The van der Waals surface area contributed by atoms with Gasteiger partial charge in [-0.05, 0) is 54.4 Å². The second kappa shape index (κ2) is 10.7. The Hall–Kier alpha value is -3.68. The van der Waals surface area contributed by atoms with E-state index >= 15 is 0 Å². The van der Waals surface area contributed by atoms with Gasteiger partial charge in [-0.1, -0.05) is 48.3 Å². The van der Waals surface area contributed by atoms with E-state index in [1.165, 1.54) is 36.8 Å². The van der Waals surface area contributed by atoms with Gasteiger partial charge in [-0.25, -0.2) is 4.39 Å². The van der Waals surface area contributed by atoms with Crippen LogP contribution in [0, 0.1) is 11.7 Å². The molecular weight excluding hydrogens is 495 g/mol. The van der Waals surface area contributed by atoms with Crippen LogP contribution in [-0.4, -0.2) is 47.2 Å². The fraction of sp³-hybridized carbons (Fsp3) is 0.241. The number of nitrogens with zero attached hydrogens (tertiary/aromatic N) is 2. The average molecular weight is 521 g/mol. The van der Waals surface area contributed by atoms with Crippen molar-refractivity contribution in [3.63, 3.8) is 0 Å². The van der Waals surface area contributed by atoms with Crippen molar-refractivity contribution in [2.75, 3.05) is 26.2 Å². The Labute approximate surface area is 219 Å². The highest BCUT2D eigenvalue weighted by atomic mass is 35.5. The van der Waals surface area contributed by atoms with E-state index in [-0.39, 0.29) is 34.1 Å². The molecule has 5 rings (SSSR count). The summed E-state index contributed by atoms with van der Waals surface area (Å²) in [6.45, 7) is 5.38. The fourth-order valence-electron chi connectivity index (χ4n) is 4.45. The standard InChI is InChI=1S/C29H26ClFN2O4/c1-2-18-16-33(17-18)13-14-36-25-12-9-20(15-24(25)31)28(35)26-27(22-5-3-4-6-23(22)30)32-37-29(26)19-7-10-21(34)11-8-19/h3-12,15,18,34H,2,13-14,16-17H2,1H3. The molecule has 1 saturated heterocycles. The van der Waals surface area contributed by atoms with Gasteiger partial charge in [0.1, 0.15) is 18.1 Å². The van der Waals surface area contributed by atoms with Crippen molar-refractivity contribution in [3.05, 3.63) is 88.7 Å². The van der Waals surface area contributed by atoms with Crippen molar-refractivity contribution in [1.29, 1.82) is 0 Å². The van der Waals surface area contributed by atoms with Crippen LogP contribution in [0.4, 0.5) is 4.39 Å². The molecular formula is C29H26ClFN2O4. The number of halogens is 2. The van der Waals surface area contributed by atoms with Crippen molar-refractivity contribution in [3.8, 4) is 34.1 Å². The summed E-state index contributed by atoms with van der Waals surface area (Å²) in [6.07, 6.45) is 1.17. The van der Waals surface area contributed by atoms with Gasteiger partial charge in [0.15, 0.2) is 23.1 Å². The molecule has 3 aromatic carbocycles. The predicted octanol–water partition coefficient (Wildman–Crippen LogP) is 6.46. The Morgan fingerprint density at radius 1 is 1.16 bits per heavy atom. The van der Waals surface area contributed by atoms with E-state index in [1.807, 2.05) is 0 Å². The lowest BCUT2D eigenvalue weighted by atomic mass is 9.95. The molecule has 0 saturated carbocycles. The molecule has 1 aliphatic heterocycles. The molecule has 1 N–H and O–H groups in total. The van der Waals surface area contributed by atoms with Gasteiger partial charge in [-0.3, -0.25) is 9.69 Å². The van der Waals surface area contributed by atoms with Gasteiger partial charge >= 0.3 is 0 Å². The van der Waals surface area contributed by atoms with Crippen LogP contribution in [0.2, 0.25) is 5.02 Å². The summed E-state index contributed by atoms with van der Waals surface area (Å²) in [4.78, 5) is 16.0. The largest absolute Gasteiger partial charge is 0.508 e. The summed E-state index contributed by atoms with van der Waals surface area (Å²) in [5.41, 5.74) is 1.56. The zero-order valence-corrected chi connectivity index (χ0v) is 21.0. The number of likely N-dealkylation sites (tertiary alicyclic amines) is 1. The number of phenolic OH excluding ortho intramolecular Hbond substituents is 1. The van der Waals surface area contributed by atoms with Crippen LogP contribution in [0.25, 0.3) is 22.6 Å². The highest BCUT2D eigenvalue weighted by Gasteiger charge is 2.28. The maximum Gasteiger partial charge on any atom is 0.199 e. The second-order valence-electron chi connectivity index (χ2n) is 9.12. The van der Waals surface area contributed by atoms with Crippen LogP contribution in [-0.2, 0) is 0 Å². The molecule has 0 atom stereocenters. The van der Waals surface area contributed by atoms with Crippen LogP contribution in [0.3, 0.4) is 0 Å². The number of ketones is 1. The normalized spacial score (nSPS) is 13.9. The molecule has 1 aromatic heterocycles. The number of rotatable bonds is 9. The molecule has 0 amide bonds. The third-order valence-electron chi connectivity index (χ3n) is 6.65. The van der Waals surface area contributed by atoms with Gasteiger partial charge in [0, 0.05) is 36.3 Å². The topological polar surface area (TPSA) is 75.8 Å². The number of carbonyl (C=O) groups excluding carboxylic acids is 1. The number of aromatic hydroxyl groups is 1. The van der Waals surface area contributed by atoms with Gasteiger partial charge < -0.3 is 14.4 Å². The number of hydrogen-bond acceptors (Lipinski definition) is 6. The predicted molar refractivity (Wildman–Crippen MR) is 140 cm³/mol. The number of aromatic nitrogens is 1. The minimum absolute atomic E-state index is 0.0689. The monoisotopic (exact) mass is 520 g/mol. The first-order valence-corrected chi connectivity index (χ1v) is 12.6. The Balaban J connectivity index is 1.43. The molecule has 6 nitrogen and oxygen atoms in total. The maximum absolute atomic E-state index is 15.0. The molecule has 37 heavy (non-hydrogen) atoms. The zero-order valence-electron chi connectivity index (χ0n) is 20.3. The SMILES string of the molecule is CCC1CN(CCOc2ccc(C(=O)c3c(-c4ccccc4Cl)noc3-c3ccc(O)cc3)cc2F)C1. The molecule has 0 radical (unpaired) electrons. The second-order valence-corrected chi connectivity index (χ2v) is 9.53. The molecule has 4 aromatic rings. The van der Waals surface area contributed by atoms with Crippen LogP contribution in [0.15, 0.2) is 71.3 Å². The van der Waals surface area contributed by atoms with Crippen molar-refractivity contribution in [2.45, 2.75) is 13.3 Å². The number of benzene rings is 3. The van der Waals surface area contributed by atoms with Crippen LogP contribution >= 0.6 is 11.6 Å². The molecule has 0 bridgehead atoms. The first-order valence-electron chi connectivity index (χ1n) is 12.2. The molecule has 0 spiro atoms. The first-order chi connectivity index (χ1) is 17.9. The van der Waals surface area contributed by atoms with Crippen molar-refractivity contribution >= 4 is 17.4 Å². The molecule has 190 valence electrons. The van der Waals surface area contributed by atoms with E-state index < -0.39 is 11.6 Å². The highest BCUT2D eigenvalue weighted by molar-refractivity contribution is 6.33. The smallest absolute Gasteiger partial charge is 0.199 e. The van der Waals surface area contributed by atoms with E-state index in [4.69, 9.17) is 20.9 Å². The average Bonchev–Trinajstić information content (AvgIpc) is 3.31. The molecule has 1 fully saturated rings. The summed E-state index contributed by atoms with van der Waals surface area (Å²) < 4.78 is 26.2. The molecule has 2 heterocycles. The number of ether oxygens (including phenoxy) is 1. The Bertz CT molecular complexity index is 1410. The summed E-state index contributed by atoms with van der Waals surface area (Å²) in [7, 11) is 0. The van der Waals surface area contributed by atoms with Crippen LogP contribution in [0.1, 0.15) is 29.3 Å². The van der Waals surface area contributed by atoms with Gasteiger partial charge in [0.05, 0.1) is 10.6 Å². The Kier molecular flexibility index (Phi) is 7.26. The van der Waals surface area contributed by atoms with E-state index in [2.05, 4.69) is 17.0 Å². The number of phenols is 1. The minimum atomic E-state index is -0.622. The van der Waals surface area contributed by atoms with Crippen molar-refractivity contribution in [2.24, 2.45) is 5.92 Å².